The van der Waals surface area contributed by atoms with Crippen molar-refractivity contribution in [3.8, 4) is 0 Å². The van der Waals surface area contributed by atoms with Crippen molar-refractivity contribution in [3.63, 3.8) is 0 Å². The van der Waals surface area contributed by atoms with Crippen LogP contribution in [-0.4, -0.2) is 31.4 Å². The summed E-state index contributed by atoms with van der Waals surface area (Å²) in [6.45, 7) is 2.80. The first-order valence-electron chi connectivity index (χ1n) is 4.20. The van der Waals surface area contributed by atoms with Crippen molar-refractivity contribution in [2.75, 3.05) is 6.54 Å². The standard InChI is InChI=1S/C7H15F2NO3S/c1-3-4-7(2,11)5-10-14(12,13)6(8)9/h6,10-11H,3-5H2,1-2H3. The van der Waals surface area contributed by atoms with Crippen molar-refractivity contribution in [1.29, 1.82) is 0 Å². The molecule has 0 aliphatic heterocycles. The molecule has 0 heterocycles. The van der Waals surface area contributed by atoms with Crippen LogP contribution in [0, 0.1) is 0 Å². The molecule has 0 aliphatic rings. The number of sulfonamides is 1. The van der Waals surface area contributed by atoms with Gasteiger partial charge in [-0.15, -0.1) is 0 Å². The molecule has 0 aliphatic carbocycles. The third kappa shape index (κ3) is 4.83. The lowest BCUT2D eigenvalue weighted by molar-refractivity contribution is 0.0549. The molecule has 0 aromatic carbocycles. The van der Waals surface area contributed by atoms with Crippen LogP contribution in [0.3, 0.4) is 0 Å². The molecule has 1 atom stereocenters. The smallest absolute Gasteiger partial charge is 0.350 e. The van der Waals surface area contributed by atoms with Crippen LogP contribution < -0.4 is 4.72 Å². The average molecular weight is 231 g/mol. The van der Waals surface area contributed by atoms with E-state index in [0.717, 1.165) is 0 Å². The number of aliphatic hydroxyl groups is 1. The van der Waals surface area contributed by atoms with Gasteiger partial charge < -0.3 is 5.11 Å². The molecular formula is C7H15F2NO3S. The lowest BCUT2D eigenvalue weighted by Crippen LogP contribution is -2.42. The van der Waals surface area contributed by atoms with Crippen LogP contribution in [-0.2, 0) is 10.0 Å². The number of hydrogen-bond donors (Lipinski definition) is 2. The van der Waals surface area contributed by atoms with Gasteiger partial charge in [0.2, 0.25) is 0 Å². The Morgan fingerprint density at radius 3 is 2.36 bits per heavy atom. The molecule has 1 unspecified atom stereocenters. The Kier molecular flexibility index (Phi) is 4.90. The van der Waals surface area contributed by atoms with E-state index in [1.165, 1.54) is 6.92 Å². The zero-order valence-corrected chi connectivity index (χ0v) is 8.94. The predicted octanol–water partition coefficient (Wildman–Crippen LogP) is 0.680. The van der Waals surface area contributed by atoms with Crippen LogP contribution in [0.1, 0.15) is 26.7 Å². The fourth-order valence-corrected chi connectivity index (χ4v) is 1.58. The molecule has 0 spiro atoms. The highest BCUT2D eigenvalue weighted by Gasteiger charge is 2.27. The summed E-state index contributed by atoms with van der Waals surface area (Å²) < 4.78 is 46.6. The van der Waals surface area contributed by atoms with Gasteiger partial charge in [0.05, 0.1) is 5.60 Å². The van der Waals surface area contributed by atoms with Gasteiger partial charge in [-0.25, -0.2) is 13.1 Å². The Morgan fingerprint density at radius 1 is 1.50 bits per heavy atom. The second kappa shape index (κ2) is 4.99. The third-order valence-electron chi connectivity index (χ3n) is 1.68. The summed E-state index contributed by atoms with van der Waals surface area (Å²) in [6, 6.07) is 0. The second-order valence-corrected chi connectivity index (χ2v) is 5.11. The average Bonchev–Trinajstić information content (AvgIpc) is 2.01. The maximum Gasteiger partial charge on any atom is 0.350 e. The first-order chi connectivity index (χ1) is 6.21. The van der Waals surface area contributed by atoms with Crippen molar-refractivity contribution in [1.82, 2.24) is 4.72 Å². The van der Waals surface area contributed by atoms with Gasteiger partial charge >= 0.3 is 5.76 Å². The normalized spacial score (nSPS) is 17.0. The molecule has 4 nitrogen and oxygen atoms in total. The Morgan fingerprint density at radius 2 is 2.00 bits per heavy atom. The maximum absolute atomic E-state index is 11.8. The van der Waals surface area contributed by atoms with Crippen molar-refractivity contribution >= 4 is 10.0 Å². The Hall–Kier alpha value is -0.270. The summed E-state index contributed by atoms with van der Waals surface area (Å²) in [7, 11) is -4.59. The number of rotatable bonds is 6. The molecule has 14 heavy (non-hydrogen) atoms. The van der Waals surface area contributed by atoms with Gasteiger partial charge in [0.25, 0.3) is 10.0 Å². The van der Waals surface area contributed by atoms with Crippen LogP contribution in [0.15, 0.2) is 0 Å². The Labute approximate surface area is 82.4 Å². The highest BCUT2D eigenvalue weighted by Crippen LogP contribution is 2.11. The van der Waals surface area contributed by atoms with E-state index < -0.39 is 27.9 Å². The maximum atomic E-state index is 11.8. The Balaban J connectivity index is 4.19. The molecule has 0 radical (unpaired) electrons. The van der Waals surface area contributed by atoms with E-state index in [2.05, 4.69) is 0 Å². The highest BCUT2D eigenvalue weighted by molar-refractivity contribution is 7.89. The van der Waals surface area contributed by atoms with Gasteiger partial charge in [-0.3, -0.25) is 0 Å². The monoisotopic (exact) mass is 231 g/mol. The predicted molar refractivity (Wildman–Crippen MR) is 48.5 cm³/mol. The fourth-order valence-electron chi connectivity index (χ4n) is 0.946. The van der Waals surface area contributed by atoms with Crippen LogP contribution >= 0.6 is 0 Å². The van der Waals surface area contributed by atoms with Crippen molar-refractivity contribution < 1.29 is 22.3 Å². The second-order valence-electron chi connectivity index (χ2n) is 3.37. The van der Waals surface area contributed by atoms with Gasteiger partial charge in [-0.1, -0.05) is 13.3 Å². The van der Waals surface area contributed by atoms with Crippen molar-refractivity contribution in [3.05, 3.63) is 0 Å². The van der Waals surface area contributed by atoms with Gasteiger partial charge in [-0.05, 0) is 13.3 Å². The number of nitrogens with one attached hydrogen (secondary N) is 1. The quantitative estimate of drug-likeness (QED) is 0.706. The third-order valence-corrected chi connectivity index (χ3v) is 2.69. The summed E-state index contributed by atoms with van der Waals surface area (Å²) >= 11 is 0. The van der Waals surface area contributed by atoms with Crippen LogP contribution in [0.25, 0.3) is 0 Å². The van der Waals surface area contributed by atoms with Gasteiger partial charge in [0, 0.05) is 6.54 Å². The molecule has 0 aromatic rings. The lowest BCUT2D eigenvalue weighted by atomic mass is 10.0. The van der Waals surface area contributed by atoms with E-state index in [-0.39, 0.29) is 0 Å². The van der Waals surface area contributed by atoms with E-state index in [4.69, 9.17) is 0 Å². The molecular weight excluding hydrogens is 216 g/mol. The summed E-state index contributed by atoms with van der Waals surface area (Å²) in [5, 5.41) is 9.49. The van der Waals surface area contributed by atoms with Crippen LogP contribution in [0.2, 0.25) is 0 Å². The van der Waals surface area contributed by atoms with E-state index in [1.807, 2.05) is 0 Å². The lowest BCUT2D eigenvalue weighted by Gasteiger charge is -2.22. The topological polar surface area (TPSA) is 66.4 Å². The van der Waals surface area contributed by atoms with Gasteiger partial charge in [-0.2, -0.15) is 8.78 Å². The molecule has 7 heteroatoms. The minimum Gasteiger partial charge on any atom is -0.389 e. The summed E-state index contributed by atoms with van der Waals surface area (Å²) in [4.78, 5) is 0. The SMILES string of the molecule is CCCC(C)(O)CNS(=O)(=O)C(F)F. The minimum atomic E-state index is -4.59. The Bertz CT molecular complexity index is 264. The van der Waals surface area contributed by atoms with Gasteiger partial charge in [0.15, 0.2) is 0 Å². The van der Waals surface area contributed by atoms with E-state index in [1.54, 1.807) is 11.6 Å². The van der Waals surface area contributed by atoms with Crippen LogP contribution in [0.4, 0.5) is 8.78 Å². The largest absolute Gasteiger partial charge is 0.389 e. The van der Waals surface area contributed by atoms with Crippen molar-refractivity contribution in [2.45, 2.75) is 38.0 Å². The first-order valence-corrected chi connectivity index (χ1v) is 5.75. The summed E-state index contributed by atoms with van der Waals surface area (Å²) in [5.74, 6) is -3.46. The van der Waals surface area contributed by atoms with Crippen molar-refractivity contribution in [2.24, 2.45) is 0 Å². The molecule has 0 aromatic heterocycles. The molecule has 0 bridgehead atoms. The molecule has 0 fully saturated rings. The minimum absolute atomic E-state index is 0.346. The van der Waals surface area contributed by atoms with E-state index >= 15 is 0 Å². The van der Waals surface area contributed by atoms with Gasteiger partial charge in [0.1, 0.15) is 0 Å². The zero-order valence-electron chi connectivity index (χ0n) is 8.13. The zero-order chi connectivity index (χ0) is 11.4. The summed E-state index contributed by atoms with van der Waals surface area (Å²) in [6.07, 6.45) is 0.988. The van der Waals surface area contributed by atoms with E-state index in [0.29, 0.717) is 12.8 Å². The number of hydrogen-bond acceptors (Lipinski definition) is 3. The molecule has 86 valence electrons. The number of halogens is 2. The molecule has 0 amide bonds. The first kappa shape index (κ1) is 13.7. The number of alkyl halides is 2. The summed E-state index contributed by atoms with van der Waals surface area (Å²) in [5.41, 5.74) is -1.28. The molecule has 0 rings (SSSR count). The molecule has 0 saturated heterocycles. The molecule has 2 N–H and O–H groups in total. The highest BCUT2D eigenvalue weighted by atomic mass is 32.2. The molecule has 0 saturated carbocycles. The fraction of sp³-hybridized carbons (Fsp3) is 1.00. The van der Waals surface area contributed by atoms with E-state index in [9.17, 15) is 22.3 Å². The van der Waals surface area contributed by atoms with Crippen LogP contribution in [0.5, 0.6) is 0 Å².